The Kier molecular flexibility index (Phi) is 6.39. The normalized spacial score (nSPS) is 20.8. The molecule has 2 saturated heterocycles. The van der Waals surface area contributed by atoms with E-state index in [0.29, 0.717) is 30.7 Å². The fourth-order valence-electron chi connectivity index (χ4n) is 3.79. The summed E-state index contributed by atoms with van der Waals surface area (Å²) in [5.74, 6) is 1.83. The molecule has 1 atom stereocenters. The lowest BCUT2D eigenvalue weighted by molar-refractivity contribution is 0.0211. The van der Waals surface area contributed by atoms with Gasteiger partial charge in [-0.25, -0.2) is 0 Å². The molecule has 0 radical (unpaired) electrons. The zero-order chi connectivity index (χ0) is 19.3. The van der Waals surface area contributed by atoms with Gasteiger partial charge >= 0.3 is 0 Å². The summed E-state index contributed by atoms with van der Waals surface area (Å²) in [6, 6.07) is 3.75. The molecule has 0 aromatic carbocycles. The number of aromatic nitrogens is 2. The van der Waals surface area contributed by atoms with E-state index in [2.05, 4.69) is 10.1 Å². The van der Waals surface area contributed by atoms with Gasteiger partial charge in [0.25, 0.3) is 5.91 Å². The lowest BCUT2D eigenvalue weighted by atomic mass is 10.0. The first-order valence-electron chi connectivity index (χ1n) is 10.1. The Balaban J connectivity index is 1.29. The van der Waals surface area contributed by atoms with Crippen molar-refractivity contribution >= 4 is 17.2 Å². The quantitative estimate of drug-likeness (QED) is 0.657. The first kappa shape index (κ1) is 19.5. The number of carbonyl (C=O) groups is 1. The fourth-order valence-corrected chi connectivity index (χ4v) is 4.61. The number of hydrogen-bond donors (Lipinski definition) is 0. The molecule has 2 aromatic rings. The Morgan fingerprint density at radius 3 is 2.96 bits per heavy atom. The minimum Gasteiger partial charge on any atom is -0.381 e. The molecule has 0 aliphatic carbocycles. The van der Waals surface area contributed by atoms with Gasteiger partial charge in [0.15, 0.2) is 5.82 Å². The number of likely N-dealkylation sites (tertiary alicyclic amines) is 1. The molecule has 7 nitrogen and oxygen atoms in total. The van der Waals surface area contributed by atoms with Gasteiger partial charge < -0.3 is 18.9 Å². The van der Waals surface area contributed by atoms with Crippen LogP contribution in [0.3, 0.4) is 0 Å². The molecule has 2 fully saturated rings. The summed E-state index contributed by atoms with van der Waals surface area (Å²) >= 11 is 1.53. The molecule has 0 saturated carbocycles. The summed E-state index contributed by atoms with van der Waals surface area (Å²) in [7, 11) is 0. The van der Waals surface area contributed by atoms with E-state index in [9.17, 15) is 4.79 Å². The number of ether oxygens (including phenoxy) is 2. The number of aryl methyl sites for hydroxylation is 1. The van der Waals surface area contributed by atoms with Crippen LogP contribution in [0.1, 0.15) is 58.0 Å². The van der Waals surface area contributed by atoms with Gasteiger partial charge in [0.2, 0.25) is 5.89 Å². The molecule has 1 unspecified atom stereocenters. The van der Waals surface area contributed by atoms with E-state index < -0.39 is 0 Å². The van der Waals surface area contributed by atoms with E-state index in [4.69, 9.17) is 14.0 Å². The maximum atomic E-state index is 12.8. The number of amides is 1. The maximum absolute atomic E-state index is 12.8. The summed E-state index contributed by atoms with van der Waals surface area (Å²) in [6.07, 6.45) is 4.57. The van der Waals surface area contributed by atoms with Crippen LogP contribution in [-0.4, -0.2) is 53.9 Å². The van der Waals surface area contributed by atoms with E-state index in [0.717, 1.165) is 61.8 Å². The molecule has 4 rings (SSSR count). The monoisotopic (exact) mass is 405 g/mol. The van der Waals surface area contributed by atoms with E-state index in [1.165, 1.54) is 11.3 Å². The van der Waals surface area contributed by atoms with Crippen LogP contribution in [0, 0.1) is 12.8 Å². The van der Waals surface area contributed by atoms with Crippen LogP contribution in [0.2, 0.25) is 0 Å². The molecule has 0 bridgehead atoms. The molecule has 0 N–H and O–H groups in total. The summed E-state index contributed by atoms with van der Waals surface area (Å²) in [5, 5.41) is 4.09. The summed E-state index contributed by atoms with van der Waals surface area (Å²) in [6.45, 7) is 5.76. The minimum atomic E-state index is -0.126. The van der Waals surface area contributed by atoms with Crippen molar-refractivity contribution in [1.29, 1.82) is 0 Å². The lowest BCUT2D eigenvalue weighted by Crippen LogP contribution is -2.30. The SMILES string of the molecule is Cc1ccc(C(=O)N2CCCC2c2nc(CCOCC3CCOCC3)no2)s1. The largest absolute Gasteiger partial charge is 0.381 e. The molecular weight excluding hydrogens is 378 g/mol. The van der Waals surface area contributed by atoms with Gasteiger partial charge in [-0.2, -0.15) is 4.98 Å². The smallest absolute Gasteiger partial charge is 0.264 e. The average molecular weight is 406 g/mol. The number of rotatable bonds is 7. The third kappa shape index (κ3) is 4.61. The summed E-state index contributed by atoms with van der Waals surface area (Å²) < 4.78 is 16.7. The van der Waals surface area contributed by atoms with Crippen molar-refractivity contribution < 1.29 is 18.8 Å². The van der Waals surface area contributed by atoms with Crippen molar-refractivity contribution in [3.05, 3.63) is 33.6 Å². The number of carbonyl (C=O) groups excluding carboxylic acids is 1. The number of hydrogen-bond acceptors (Lipinski definition) is 7. The van der Waals surface area contributed by atoms with Crippen LogP contribution >= 0.6 is 11.3 Å². The Hall–Kier alpha value is -1.77. The average Bonchev–Trinajstić information content (AvgIpc) is 3.46. The van der Waals surface area contributed by atoms with Crippen molar-refractivity contribution in [2.45, 2.75) is 45.1 Å². The van der Waals surface area contributed by atoms with Gasteiger partial charge in [-0.15, -0.1) is 11.3 Å². The highest BCUT2D eigenvalue weighted by Gasteiger charge is 2.35. The standard InChI is InChI=1S/C20H27N3O4S/c1-14-4-5-17(28-14)20(24)23-9-2-3-16(23)19-21-18(22-27-19)8-12-26-13-15-6-10-25-11-7-15/h4-5,15-16H,2-3,6-13H2,1H3. The second-order valence-corrected chi connectivity index (χ2v) is 8.78. The van der Waals surface area contributed by atoms with Crippen molar-refractivity contribution in [2.24, 2.45) is 5.92 Å². The topological polar surface area (TPSA) is 77.7 Å². The minimum absolute atomic E-state index is 0.0557. The van der Waals surface area contributed by atoms with Gasteiger partial charge in [0, 0.05) is 37.7 Å². The van der Waals surface area contributed by atoms with Crippen LogP contribution < -0.4 is 0 Å². The van der Waals surface area contributed by atoms with E-state index >= 15 is 0 Å². The zero-order valence-corrected chi connectivity index (χ0v) is 17.1. The van der Waals surface area contributed by atoms with Gasteiger partial charge in [-0.1, -0.05) is 5.16 Å². The zero-order valence-electron chi connectivity index (χ0n) is 16.3. The molecule has 152 valence electrons. The number of thiophene rings is 1. The molecule has 8 heteroatoms. The second-order valence-electron chi connectivity index (χ2n) is 7.50. The van der Waals surface area contributed by atoms with Gasteiger partial charge in [0.05, 0.1) is 11.5 Å². The Labute approximate surface area is 169 Å². The molecule has 0 spiro atoms. The molecule has 1 amide bonds. The molecule has 4 heterocycles. The predicted molar refractivity (Wildman–Crippen MR) is 104 cm³/mol. The van der Waals surface area contributed by atoms with Gasteiger partial charge in [0.1, 0.15) is 6.04 Å². The number of nitrogens with zero attached hydrogens (tertiary/aromatic N) is 3. The highest BCUT2D eigenvalue weighted by Crippen LogP contribution is 2.33. The third-order valence-corrected chi connectivity index (χ3v) is 6.39. The summed E-state index contributed by atoms with van der Waals surface area (Å²) in [4.78, 5) is 21.1. The van der Waals surface area contributed by atoms with E-state index in [1.807, 2.05) is 24.0 Å². The Morgan fingerprint density at radius 1 is 1.32 bits per heavy atom. The van der Waals surface area contributed by atoms with Gasteiger partial charge in [-0.3, -0.25) is 4.79 Å². The van der Waals surface area contributed by atoms with Crippen molar-refractivity contribution in [3.8, 4) is 0 Å². The Morgan fingerprint density at radius 2 is 2.18 bits per heavy atom. The summed E-state index contributed by atoms with van der Waals surface area (Å²) in [5.41, 5.74) is 0. The first-order chi connectivity index (χ1) is 13.7. The maximum Gasteiger partial charge on any atom is 0.264 e. The van der Waals surface area contributed by atoms with Crippen LogP contribution in [0.25, 0.3) is 0 Å². The molecular formula is C20H27N3O4S. The van der Waals surface area contributed by atoms with Crippen LogP contribution in [0.4, 0.5) is 0 Å². The first-order valence-corrected chi connectivity index (χ1v) is 10.9. The Bertz CT molecular complexity index is 784. The fraction of sp³-hybridized carbons (Fsp3) is 0.650. The molecule has 2 aliphatic heterocycles. The lowest BCUT2D eigenvalue weighted by Gasteiger charge is -2.21. The second kappa shape index (κ2) is 9.15. The molecule has 2 aliphatic rings. The predicted octanol–water partition coefficient (Wildman–Crippen LogP) is 3.40. The van der Waals surface area contributed by atoms with Gasteiger partial charge in [-0.05, 0) is 50.7 Å². The van der Waals surface area contributed by atoms with Crippen LogP contribution in [0.15, 0.2) is 16.7 Å². The van der Waals surface area contributed by atoms with Crippen LogP contribution in [0.5, 0.6) is 0 Å². The van der Waals surface area contributed by atoms with Crippen molar-refractivity contribution in [1.82, 2.24) is 15.0 Å². The molecule has 2 aromatic heterocycles. The van der Waals surface area contributed by atoms with E-state index in [1.54, 1.807) is 0 Å². The molecule has 28 heavy (non-hydrogen) atoms. The van der Waals surface area contributed by atoms with Crippen LogP contribution in [-0.2, 0) is 15.9 Å². The van der Waals surface area contributed by atoms with Crippen molar-refractivity contribution in [3.63, 3.8) is 0 Å². The van der Waals surface area contributed by atoms with E-state index in [-0.39, 0.29) is 11.9 Å². The van der Waals surface area contributed by atoms with Crippen molar-refractivity contribution in [2.75, 3.05) is 33.0 Å². The highest BCUT2D eigenvalue weighted by molar-refractivity contribution is 7.13. The third-order valence-electron chi connectivity index (χ3n) is 5.40. The highest BCUT2D eigenvalue weighted by atomic mass is 32.1.